The molecule has 8 heteroatoms. The Hall–Kier alpha value is -2.58. The van der Waals surface area contributed by atoms with Gasteiger partial charge in [-0.05, 0) is 69.2 Å². The molecule has 2 aromatic carbocycles. The monoisotopic (exact) mass is 538 g/mol. The molecular formula is C30H42N4O3S. The maximum Gasteiger partial charge on any atom is 0.256 e. The summed E-state index contributed by atoms with van der Waals surface area (Å²) in [6.45, 7) is 6.62. The molecular weight excluding hydrogens is 496 g/mol. The molecule has 3 heterocycles. The van der Waals surface area contributed by atoms with Gasteiger partial charge in [0, 0.05) is 58.6 Å². The second-order valence-electron chi connectivity index (χ2n) is 11.4. The lowest BCUT2D eigenvalue weighted by Gasteiger charge is -2.38. The van der Waals surface area contributed by atoms with Gasteiger partial charge < -0.3 is 19.6 Å². The lowest BCUT2D eigenvalue weighted by atomic mass is 9.90. The molecule has 0 bridgehead atoms. The molecule has 0 saturated carbocycles. The molecule has 7 nitrogen and oxygen atoms in total. The first kappa shape index (κ1) is 27.0. The van der Waals surface area contributed by atoms with Crippen LogP contribution < -0.4 is 9.80 Å². The van der Waals surface area contributed by atoms with E-state index in [1.54, 1.807) is 6.07 Å². The fourth-order valence-electron chi connectivity index (χ4n) is 6.17. The first-order valence-electron chi connectivity index (χ1n) is 14.2. The topological polar surface area (TPSA) is 64.2 Å². The van der Waals surface area contributed by atoms with Crippen LogP contribution in [-0.2, 0) is 16.3 Å². The summed E-state index contributed by atoms with van der Waals surface area (Å²) in [5.41, 5.74) is 3.55. The molecule has 0 aliphatic carbocycles. The van der Waals surface area contributed by atoms with Crippen molar-refractivity contribution in [3.63, 3.8) is 0 Å². The molecule has 5 rings (SSSR count). The predicted octanol–water partition coefficient (Wildman–Crippen LogP) is 3.93. The van der Waals surface area contributed by atoms with Gasteiger partial charge in [0.1, 0.15) is 0 Å². The minimum Gasteiger partial charge on any atom is -0.370 e. The van der Waals surface area contributed by atoms with Crippen molar-refractivity contribution in [2.75, 3.05) is 75.5 Å². The lowest BCUT2D eigenvalue weighted by Crippen LogP contribution is -2.46. The smallest absolute Gasteiger partial charge is 0.256 e. The number of likely N-dealkylation sites (N-methyl/N-ethyl adjacent to an activating group) is 1. The molecule has 3 saturated heterocycles. The molecule has 0 radical (unpaired) electrons. The molecule has 0 aromatic heterocycles. The third kappa shape index (κ3) is 6.18. The number of anilines is 2. The summed E-state index contributed by atoms with van der Waals surface area (Å²) in [6.07, 6.45) is 7.53. The molecule has 0 spiro atoms. The Kier molecular flexibility index (Phi) is 8.29. The third-order valence-electron chi connectivity index (χ3n) is 8.52. The molecule has 38 heavy (non-hydrogen) atoms. The molecule has 0 unspecified atom stereocenters. The fraction of sp³-hybridized carbons (Fsp3) is 0.567. The van der Waals surface area contributed by atoms with Gasteiger partial charge in [-0.25, -0.2) is 8.42 Å². The number of sulfone groups is 1. The maximum absolute atomic E-state index is 13.8. The van der Waals surface area contributed by atoms with E-state index in [1.165, 1.54) is 11.8 Å². The van der Waals surface area contributed by atoms with Gasteiger partial charge in [-0.3, -0.25) is 4.79 Å². The highest BCUT2D eigenvalue weighted by Crippen LogP contribution is 2.37. The van der Waals surface area contributed by atoms with E-state index in [0.29, 0.717) is 11.5 Å². The van der Waals surface area contributed by atoms with Gasteiger partial charge in [0.05, 0.1) is 21.8 Å². The lowest BCUT2D eigenvalue weighted by molar-refractivity contribution is 0.0724. The van der Waals surface area contributed by atoms with E-state index in [4.69, 9.17) is 0 Å². The molecule has 3 aliphatic rings. The average Bonchev–Trinajstić information content (AvgIpc) is 2.93. The number of rotatable bonds is 6. The molecule has 1 amide bonds. The van der Waals surface area contributed by atoms with Crippen LogP contribution in [0.5, 0.6) is 0 Å². The number of nitrogens with zero attached hydrogens (tertiary/aromatic N) is 4. The van der Waals surface area contributed by atoms with Crippen LogP contribution >= 0.6 is 0 Å². The number of carbonyl (C=O) groups excluding carboxylic acids is 1. The van der Waals surface area contributed by atoms with E-state index in [2.05, 4.69) is 52.1 Å². The molecule has 2 aromatic rings. The highest BCUT2D eigenvalue weighted by atomic mass is 32.2. The van der Waals surface area contributed by atoms with E-state index in [1.807, 2.05) is 11.0 Å². The minimum absolute atomic E-state index is 0.0309. The van der Waals surface area contributed by atoms with Crippen LogP contribution in [0.3, 0.4) is 0 Å². The zero-order valence-electron chi connectivity index (χ0n) is 22.9. The van der Waals surface area contributed by atoms with Crippen LogP contribution in [0.4, 0.5) is 11.4 Å². The third-order valence-corrected chi connectivity index (χ3v) is 9.64. The second-order valence-corrected chi connectivity index (χ2v) is 13.4. The number of amides is 1. The number of carbonyl (C=O) groups is 1. The highest BCUT2D eigenvalue weighted by Gasteiger charge is 2.31. The van der Waals surface area contributed by atoms with Crippen LogP contribution in [-0.4, -0.2) is 89.8 Å². The summed E-state index contributed by atoms with van der Waals surface area (Å²) >= 11 is 0. The standard InChI is InChI=1S/C30H42N4O3S/c1-31-17-19-33(20-18-31)27-23-28(32-15-11-25(12-16-32)21-24-9-5-3-6-10-24)29(38(2,36)37)22-26(27)30(35)34-13-7-4-8-14-34/h3,5-6,9-10,22-23,25H,4,7-8,11-21H2,1-2H3. The van der Waals surface area contributed by atoms with Crippen molar-refractivity contribution < 1.29 is 13.2 Å². The van der Waals surface area contributed by atoms with Crippen molar-refractivity contribution in [1.82, 2.24) is 9.80 Å². The van der Waals surface area contributed by atoms with Crippen LogP contribution in [0.25, 0.3) is 0 Å². The van der Waals surface area contributed by atoms with E-state index in [9.17, 15) is 13.2 Å². The number of benzene rings is 2. The van der Waals surface area contributed by atoms with Crippen molar-refractivity contribution >= 4 is 27.1 Å². The largest absolute Gasteiger partial charge is 0.370 e. The first-order valence-corrected chi connectivity index (χ1v) is 16.1. The van der Waals surface area contributed by atoms with E-state index in [0.717, 1.165) is 102 Å². The quantitative estimate of drug-likeness (QED) is 0.556. The van der Waals surface area contributed by atoms with Crippen molar-refractivity contribution in [2.24, 2.45) is 5.92 Å². The summed E-state index contributed by atoms with van der Waals surface area (Å²) in [5, 5.41) is 0. The number of hydrogen-bond acceptors (Lipinski definition) is 6. The summed E-state index contributed by atoms with van der Waals surface area (Å²) in [4.78, 5) is 22.8. The summed E-state index contributed by atoms with van der Waals surface area (Å²) < 4.78 is 26.2. The Bertz CT molecular complexity index is 1210. The summed E-state index contributed by atoms with van der Waals surface area (Å²) in [5.74, 6) is 0.559. The van der Waals surface area contributed by atoms with Gasteiger partial charge in [0.2, 0.25) is 0 Å². The predicted molar refractivity (Wildman–Crippen MR) is 154 cm³/mol. The zero-order chi connectivity index (χ0) is 26.7. The summed E-state index contributed by atoms with van der Waals surface area (Å²) in [6, 6.07) is 14.3. The van der Waals surface area contributed by atoms with Gasteiger partial charge in [-0.1, -0.05) is 30.3 Å². The Morgan fingerprint density at radius 2 is 1.45 bits per heavy atom. The van der Waals surface area contributed by atoms with Crippen molar-refractivity contribution in [3.05, 3.63) is 53.6 Å². The van der Waals surface area contributed by atoms with Crippen molar-refractivity contribution in [2.45, 2.75) is 43.4 Å². The van der Waals surface area contributed by atoms with Crippen LogP contribution in [0.15, 0.2) is 47.4 Å². The van der Waals surface area contributed by atoms with Crippen molar-refractivity contribution in [1.29, 1.82) is 0 Å². The zero-order valence-corrected chi connectivity index (χ0v) is 23.8. The van der Waals surface area contributed by atoms with Gasteiger partial charge in [0.15, 0.2) is 9.84 Å². The SMILES string of the molecule is CN1CCN(c2cc(N3CCC(Cc4ccccc4)CC3)c(S(C)(=O)=O)cc2C(=O)N2CCCCC2)CC1. The van der Waals surface area contributed by atoms with Crippen LogP contribution in [0.1, 0.15) is 48.0 Å². The van der Waals surface area contributed by atoms with E-state index < -0.39 is 9.84 Å². The number of likely N-dealkylation sites (tertiary alicyclic amines) is 1. The Morgan fingerprint density at radius 1 is 0.816 bits per heavy atom. The Labute approximate surface area is 228 Å². The van der Waals surface area contributed by atoms with E-state index >= 15 is 0 Å². The van der Waals surface area contributed by atoms with Gasteiger partial charge >= 0.3 is 0 Å². The maximum atomic E-state index is 13.8. The van der Waals surface area contributed by atoms with Gasteiger partial charge in [-0.15, -0.1) is 0 Å². The highest BCUT2D eigenvalue weighted by molar-refractivity contribution is 7.90. The normalized spacial score (nSPS) is 20.1. The average molecular weight is 539 g/mol. The van der Waals surface area contributed by atoms with Crippen LogP contribution in [0.2, 0.25) is 0 Å². The number of piperazine rings is 1. The van der Waals surface area contributed by atoms with Crippen molar-refractivity contribution in [3.8, 4) is 0 Å². The second kappa shape index (κ2) is 11.7. The minimum atomic E-state index is -3.53. The number of piperidine rings is 2. The fourth-order valence-corrected chi connectivity index (χ4v) is 7.07. The molecule has 3 fully saturated rings. The Balaban J connectivity index is 1.47. The van der Waals surface area contributed by atoms with Gasteiger partial charge in [0.25, 0.3) is 5.91 Å². The summed E-state index contributed by atoms with van der Waals surface area (Å²) in [7, 11) is -1.41. The van der Waals surface area contributed by atoms with Gasteiger partial charge in [-0.2, -0.15) is 0 Å². The van der Waals surface area contributed by atoms with Crippen LogP contribution in [0, 0.1) is 5.92 Å². The Morgan fingerprint density at radius 3 is 2.08 bits per heavy atom. The molecule has 3 aliphatic heterocycles. The molecule has 206 valence electrons. The first-order chi connectivity index (χ1) is 18.3. The number of hydrogen-bond donors (Lipinski definition) is 0. The molecule has 0 N–H and O–H groups in total. The van der Waals surface area contributed by atoms with E-state index in [-0.39, 0.29) is 10.8 Å². The molecule has 0 atom stereocenters.